The summed E-state index contributed by atoms with van der Waals surface area (Å²) in [6, 6.07) is 16.3. The Balaban J connectivity index is 1.41. The van der Waals surface area contributed by atoms with Gasteiger partial charge >= 0.3 is 0 Å². The maximum absolute atomic E-state index is 12.6. The van der Waals surface area contributed by atoms with Crippen LogP contribution in [0.2, 0.25) is 0 Å². The van der Waals surface area contributed by atoms with Gasteiger partial charge in [0, 0.05) is 26.7 Å². The maximum atomic E-state index is 12.6. The molecular weight excluding hydrogens is 352 g/mol. The van der Waals surface area contributed by atoms with E-state index >= 15 is 0 Å². The molecular formula is C22H28N4O2. The van der Waals surface area contributed by atoms with Gasteiger partial charge in [-0.05, 0) is 41.7 Å². The molecule has 1 amide bonds. The lowest BCUT2D eigenvalue weighted by Crippen LogP contribution is -2.46. The van der Waals surface area contributed by atoms with Gasteiger partial charge in [-0.1, -0.05) is 36.4 Å². The van der Waals surface area contributed by atoms with Gasteiger partial charge in [-0.2, -0.15) is 0 Å². The average Bonchev–Trinajstić information content (AvgIpc) is 2.76. The van der Waals surface area contributed by atoms with Crippen LogP contribution in [-0.2, 0) is 24.2 Å². The van der Waals surface area contributed by atoms with E-state index in [9.17, 15) is 4.79 Å². The molecule has 1 heterocycles. The first-order valence-electron chi connectivity index (χ1n) is 9.61. The minimum Gasteiger partial charge on any atom is -0.497 e. The lowest BCUT2D eigenvalue weighted by Gasteiger charge is -2.29. The molecule has 0 saturated heterocycles. The standard InChI is InChI=1S/C22H28N4O2/c1-23-22(24-13-11-17-7-9-20(28-2)10-8-17)25-15-21(27)26-14-12-18-5-3-4-6-19(18)16-26/h3-10H,11-16H2,1-2H3,(H2,23,24,25). The molecule has 2 aromatic carbocycles. The number of amides is 1. The molecule has 2 N–H and O–H groups in total. The zero-order chi connectivity index (χ0) is 19.8. The second-order valence-corrected chi connectivity index (χ2v) is 6.78. The summed E-state index contributed by atoms with van der Waals surface area (Å²) >= 11 is 0. The van der Waals surface area contributed by atoms with E-state index in [1.807, 2.05) is 23.1 Å². The van der Waals surface area contributed by atoms with Gasteiger partial charge in [0.2, 0.25) is 5.91 Å². The van der Waals surface area contributed by atoms with E-state index in [4.69, 9.17) is 4.74 Å². The Kier molecular flexibility index (Phi) is 6.89. The summed E-state index contributed by atoms with van der Waals surface area (Å²) in [6.07, 6.45) is 1.78. The van der Waals surface area contributed by atoms with E-state index in [2.05, 4.69) is 46.0 Å². The first-order chi connectivity index (χ1) is 13.7. The third-order valence-corrected chi connectivity index (χ3v) is 4.98. The number of nitrogens with zero attached hydrogens (tertiary/aromatic N) is 2. The van der Waals surface area contributed by atoms with Crippen LogP contribution < -0.4 is 15.4 Å². The fourth-order valence-electron chi connectivity index (χ4n) is 3.32. The highest BCUT2D eigenvalue weighted by atomic mass is 16.5. The van der Waals surface area contributed by atoms with Crippen molar-refractivity contribution in [2.75, 3.05) is 33.8 Å². The van der Waals surface area contributed by atoms with Crippen LogP contribution in [0.5, 0.6) is 5.75 Å². The fourth-order valence-corrected chi connectivity index (χ4v) is 3.32. The van der Waals surface area contributed by atoms with E-state index < -0.39 is 0 Å². The maximum Gasteiger partial charge on any atom is 0.242 e. The Labute approximate surface area is 166 Å². The normalized spacial score (nSPS) is 13.6. The first kappa shape index (κ1) is 19.7. The number of ether oxygens (including phenoxy) is 1. The Bertz CT molecular complexity index is 818. The van der Waals surface area contributed by atoms with Crippen LogP contribution in [0.1, 0.15) is 16.7 Å². The number of benzene rings is 2. The Morgan fingerprint density at radius 1 is 1.11 bits per heavy atom. The zero-order valence-electron chi connectivity index (χ0n) is 16.6. The van der Waals surface area contributed by atoms with E-state index in [-0.39, 0.29) is 12.5 Å². The van der Waals surface area contributed by atoms with E-state index in [0.717, 1.165) is 31.7 Å². The number of hydrogen-bond acceptors (Lipinski definition) is 3. The summed E-state index contributed by atoms with van der Waals surface area (Å²) in [7, 11) is 3.38. The number of rotatable bonds is 6. The largest absolute Gasteiger partial charge is 0.497 e. The number of fused-ring (bicyclic) bond motifs is 1. The monoisotopic (exact) mass is 380 g/mol. The molecule has 0 aromatic heterocycles. The van der Waals surface area contributed by atoms with Crippen molar-refractivity contribution < 1.29 is 9.53 Å². The van der Waals surface area contributed by atoms with Crippen LogP contribution in [0, 0.1) is 0 Å². The van der Waals surface area contributed by atoms with E-state index in [1.54, 1.807) is 14.2 Å². The smallest absolute Gasteiger partial charge is 0.242 e. The van der Waals surface area contributed by atoms with Crippen molar-refractivity contribution in [3.05, 3.63) is 65.2 Å². The second kappa shape index (κ2) is 9.78. The topological polar surface area (TPSA) is 66.0 Å². The number of methoxy groups -OCH3 is 1. The molecule has 1 aliphatic rings. The van der Waals surface area contributed by atoms with Crippen molar-refractivity contribution in [1.82, 2.24) is 15.5 Å². The molecule has 0 fully saturated rings. The number of nitrogens with one attached hydrogen (secondary N) is 2. The Hall–Kier alpha value is -3.02. The average molecular weight is 380 g/mol. The molecule has 0 radical (unpaired) electrons. The highest BCUT2D eigenvalue weighted by Gasteiger charge is 2.20. The highest BCUT2D eigenvalue weighted by molar-refractivity contribution is 5.86. The second-order valence-electron chi connectivity index (χ2n) is 6.78. The zero-order valence-corrected chi connectivity index (χ0v) is 16.6. The number of guanidine groups is 1. The van der Waals surface area contributed by atoms with Crippen LogP contribution in [0.25, 0.3) is 0 Å². The van der Waals surface area contributed by atoms with E-state index in [0.29, 0.717) is 12.5 Å². The molecule has 6 heteroatoms. The number of carbonyl (C=O) groups excluding carboxylic acids is 1. The van der Waals surface area contributed by atoms with Crippen molar-refractivity contribution in [3.8, 4) is 5.75 Å². The van der Waals surface area contributed by atoms with E-state index in [1.165, 1.54) is 16.7 Å². The molecule has 3 rings (SSSR count). The summed E-state index contributed by atoms with van der Waals surface area (Å²) in [5, 5.41) is 6.38. The molecule has 6 nitrogen and oxygen atoms in total. The highest BCUT2D eigenvalue weighted by Crippen LogP contribution is 2.18. The summed E-state index contributed by atoms with van der Waals surface area (Å²) in [5.74, 6) is 1.58. The first-order valence-corrected chi connectivity index (χ1v) is 9.61. The van der Waals surface area contributed by atoms with Crippen molar-refractivity contribution in [3.63, 3.8) is 0 Å². The number of hydrogen-bond donors (Lipinski definition) is 2. The van der Waals surface area contributed by atoms with Crippen molar-refractivity contribution in [2.24, 2.45) is 4.99 Å². The van der Waals surface area contributed by atoms with Crippen molar-refractivity contribution >= 4 is 11.9 Å². The molecule has 0 atom stereocenters. The minimum atomic E-state index is 0.0904. The van der Waals surface area contributed by atoms with Crippen LogP contribution in [-0.4, -0.2) is 50.6 Å². The van der Waals surface area contributed by atoms with Crippen LogP contribution in [0.3, 0.4) is 0 Å². The summed E-state index contributed by atoms with van der Waals surface area (Å²) < 4.78 is 5.17. The lowest BCUT2D eigenvalue weighted by molar-refractivity contribution is -0.130. The lowest BCUT2D eigenvalue weighted by atomic mass is 10.00. The summed E-state index contributed by atoms with van der Waals surface area (Å²) in [6.45, 7) is 2.42. The SMILES string of the molecule is CN=C(NCCc1ccc(OC)cc1)NCC(=O)N1CCc2ccccc2C1. The molecule has 2 aromatic rings. The fraction of sp³-hybridized carbons (Fsp3) is 0.364. The van der Waals surface area contributed by atoms with Crippen molar-refractivity contribution in [2.45, 2.75) is 19.4 Å². The van der Waals surface area contributed by atoms with Crippen molar-refractivity contribution in [1.29, 1.82) is 0 Å². The van der Waals surface area contributed by atoms with Gasteiger partial charge in [0.25, 0.3) is 0 Å². The molecule has 0 bridgehead atoms. The minimum absolute atomic E-state index is 0.0904. The Morgan fingerprint density at radius 3 is 2.57 bits per heavy atom. The van der Waals surface area contributed by atoms with Gasteiger partial charge in [-0.3, -0.25) is 9.79 Å². The van der Waals surface area contributed by atoms with Gasteiger partial charge in [-0.25, -0.2) is 0 Å². The van der Waals surface area contributed by atoms with Gasteiger partial charge in [0.05, 0.1) is 13.7 Å². The van der Waals surface area contributed by atoms with Gasteiger partial charge < -0.3 is 20.3 Å². The van der Waals surface area contributed by atoms with Gasteiger partial charge in [0.15, 0.2) is 5.96 Å². The predicted molar refractivity (Wildman–Crippen MR) is 112 cm³/mol. The summed E-state index contributed by atoms with van der Waals surface area (Å²) in [5.41, 5.74) is 3.80. The van der Waals surface area contributed by atoms with Crippen LogP contribution in [0.15, 0.2) is 53.5 Å². The van der Waals surface area contributed by atoms with Crippen LogP contribution >= 0.6 is 0 Å². The molecule has 0 saturated carbocycles. The Morgan fingerprint density at radius 2 is 1.86 bits per heavy atom. The molecule has 28 heavy (non-hydrogen) atoms. The summed E-state index contributed by atoms with van der Waals surface area (Å²) in [4.78, 5) is 18.7. The third-order valence-electron chi connectivity index (χ3n) is 4.98. The van der Waals surface area contributed by atoms with Gasteiger partial charge in [-0.15, -0.1) is 0 Å². The molecule has 1 aliphatic heterocycles. The quantitative estimate of drug-likeness (QED) is 0.594. The molecule has 0 aliphatic carbocycles. The van der Waals surface area contributed by atoms with Crippen LogP contribution in [0.4, 0.5) is 0 Å². The van der Waals surface area contributed by atoms with Gasteiger partial charge in [0.1, 0.15) is 5.75 Å². The molecule has 148 valence electrons. The predicted octanol–water partition coefficient (Wildman–Crippen LogP) is 1.99. The third kappa shape index (κ3) is 5.25. The number of aliphatic imine (C=N–C) groups is 1. The molecule has 0 spiro atoms. The molecule has 0 unspecified atom stereocenters. The number of carbonyl (C=O) groups is 1.